The van der Waals surface area contributed by atoms with E-state index in [1.165, 1.54) is 17.4 Å². The van der Waals surface area contributed by atoms with Crippen LogP contribution >= 0.6 is 22.9 Å². The second kappa shape index (κ2) is 8.50. The van der Waals surface area contributed by atoms with Crippen LogP contribution in [0.2, 0.25) is 5.02 Å². The van der Waals surface area contributed by atoms with Crippen LogP contribution in [0.3, 0.4) is 0 Å². The number of ether oxygens (including phenoxy) is 1. The van der Waals surface area contributed by atoms with Crippen LogP contribution in [0, 0.1) is 5.82 Å². The van der Waals surface area contributed by atoms with Gasteiger partial charge < -0.3 is 10.1 Å². The van der Waals surface area contributed by atoms with Crippen molar-refractivity contribution in [2.45, 2.75) is 26.5 Å². The number of amides is 1. The molecule has 140 valence electrons. The smallest absolute Gasteiger partial charge is 0.270 e. The van der Waals surface area contributed by atoms with Crippen LogP contribution in [0.15, 0.2) is 47.8 Å². The minimum absolute atomic E-state index is 0.0433. The van der Waals surface area contributed by atoms with Crippen molar-refractivity contribution in [3.05, 3.63) is 69.9 Å². The van der Waals surface area contributed by atoms with Gasteiger partial charge in [-0.1, -0.05) is 17.7 Å². The van der Waals surface area contributed by atoms with Crippen molar-refractivity contribution >= 4 is 28.8 Å². The summed E-state index contributed by atoms with van der Waals surface area (Å²) in [5.74, 6) is 0.00993. The molecule has 0 fully saturated rings. The SMILES string of the molecule is CC(C)NC(=O)c1csc(-c2ccc(OCc3c(F)cccc3Cl)cc2)n1. The quantitative estimate of drug-likeness (QED) is 0.604. The number of rotatable bonds is 6. The fourth-order valence-corrected chi connectivity index (χ4v) is 3.39. The van der Waals surface area contributed by atoms with Crippen molar-refractivity contribution < 1.29 is 13.9 Å². The van der Waals surface area contributed by atoms with E-state index in [-0.39, 0.29) is 18.6 Å². The Kier molecular flexibility index (Phi) is 6.08. The molecule has 1 amide bonds. The third kappa shape index (κ3) is 4.84. The van der Waals surface area contributed by atoms with Gasteiger partial charge in [-0.2, -0.15) is 0 Å². The number of benzene rings is 2. The summed E-state index contributed by atoms with van der Waals surface area (Å²) in [6.07, 6.45) is 0. The number of aromatic nitrogens is 1. The molecule has 3 aromatic rings. The maximum absolute atomic E-state index is 13.8. The van der Waals surface area contributed by atoms with Crippen LogP contribution < -0.4 is 10.1 Å². The largest absolute Gasteiger partial charge is 0.489 e. The average Bonchev–Trinajstić information content (AvgIpc) is 3.11. The number of carbonyl (C=O) groups is 1. The molecule has 1 N–H and O–H groups in total. The lowest BCUT2D eigenvalue weighted by Gasteiger charge is -2.09. The monoisotopic (exact) mass is 404 g/mol. The lowest BCUT2D eigenvalue weighted by molar-refractivity contribution is 0.0939. The Morgan fingerprint density at radius 1 is 1.26 bits per heavy atom. The van der Waals surface area contributed by atoms with E-state index in [2.05, 4.69) is 10.3 Å². The van der Waals surface area contributed by atoms with E-state index in [4.69, 9.17) is 16.3 Å². The van der Waals surface area contributed by atoms with Crippen LogP contribution in [0.25, 0.3) is 10.6 Å². The van der Waals surface area contributed by atoms with Gasteiger partial charge in [0.25, 0.3) is 5.91 Å². The van der Waals surface area contributed by atoms with Crippen molar-refractivity contribution in [3.63, 3.8) is 0 Å². The van der Waals surface area contributed by atoms with Gasteiger partial charge in [-0.15, -0.1) is 11.3 Å². The zero-order chi connectivity index (χ0) is 19.4. The van der Waals surface area contributed by atoms with Gasteiger partial charge in [-0.05, 0) is 50.2 Å². The van der Waals surface area contributed by atoms with Crippen molar-refractivity contribution in [1.29, 1.82) is 0 Å². The first-order valence-corrected chi connectivity index (χ1v) is 9.62. The number of thiazole rings is 1. The first-order chi connectivity index (χ1) is 12.9. The minimum atomic E-state index is -0.394. The van der Waals surface area contributed by atoms with Crippen molar-refractivity contribution in [3.8, 4) is 16.3 Å². The van der Waals surface area contributed by atoms with Crippen LogP contribution in [0.4, 0.5) is 4.39 Å². The highest BCUT2D eigenvalue weighted by atomic mass is 35.5. The van der Waals surface area contributed by atoms with Crippen LogP contribution in [-0.2, 0) is 6.61 Å². The van der Waals surface area contributed by atoms with Gasteiger partial charge in [-0.25, -0.2) is 9.37 Å². The fraction of sp³-hybridized carbons (Fsp3) is 0.200. The molecule has 0 saturated carbocycles. The number of nitrogens with one attached hydrogen (secondary N) is 1. The molecule has 0 aliphatic rings. The molecule has 27 heavy (non-hydrogen) atoms. The Hall–Kier alpha value is -2.44. The summed E-state index contributed by atoms with van der Waals surface area (Å²) in [4.78, 5) is 16.4. The van der Waals surface area contributed by atoms with Crippen molar-refractivity contribution in [1.82, 2.24) is 10.3 Å². The van der Waals surface area contributed by atoms with Crippen LogP contribution in [0.1, 0.15) is 29.9 Å². The van der Waals surface area contributed by atoms with Crippen LogP contribution in [-0.4, -0.2) is 16.9 Å². The Morgan fingerprint density at radius 2 is 2.00 bits per heavy atom. The fourth-order valence-electron chi connectivity index (χ4n) is 2.37. The zero-order valence-corrected chi connectivity index (χ0v) is 16.4. The van der Waals surface area contributed by atoms with Crippen molar-refractivity contribution in [2.24, 2.45) is 0 Å². The normalized spacial score (nSPS) is 10.9. The number of hydrogen-bond donors (Lipinski definition) is 1. The summed E-state index contributed by atoms with van der Waals surface area (Å²) >= 11 is 7.40. The van der Waals surface area contributed by atoms with Gasteiger partial charge in [0.2, 0.25) is 0 Å². The first kappa shape index (κ1) is 19.3. The van der Waals surface area contributed by atoms with E-state index in [0.717, 1.165) is 10.6 Å². The van der Waals surface area contributed by atoms with Gasteiger partial charge in [0.15, 0.2) is 0 Å². The maximum atomic E-state index is 13.8. The summed E-state index contributed by atoms with van der Waals surface area (Å²) in [7, 11) is 0. The molecule has 2 aromatic carbocycles. The second-order valence-corrected chi connectivity index (χ2v) is 7.44. The standard InChI is InChI=1S/C20H18ClFN2O2S/c1-12(2)23-19(25)18-11-27-20(24-18)13-6-8-14(9-7-13)26-10-15-16(21)4-3-5-17(15)22/h3-9,11-12H,10H2,1-2H3,(H,23,25). The summed E-state index contributed by atoms with van der Waals surface area (Å²) in [6.45, 7) is 3.85. The lowest BCUT2D eigenvalue weighted by atomic mass is 10.2. The maximum Gasteiger partial charge on any atom is 0.270 e. The minimum Gasteiger partial charge on any atom is -0.489 e. The number of halogens is 2. The Labute approximate surface area is 166 Å². The third-order valence-corrected chi connectivity index (χ3v) is 4.95. The molecule has 1 heterocycles. The van der Waals surface area contributed by atoms with Gasteiger partial charge >= 0.3 is 0 Å². The summed E-state index contributed by atoms with van der Waals surface area (Å²) in [6, 6.07) is 11.8. The van der Waals surface area contributed by atoms with E-state index < -0.39 is 5.82 Å². The molecule has 0 bridgehead atoms. The number of nitrogens with zero attached hydrogens (tertiary/aromatic N) is 1. The van der Waals surface area contributed by atoms with Crippen molar-refractivity contribution in [2.75, 3.05) is 0 Å². The van der Waals surface area contributed by atoms with E-state index in [9.17, 15) is 9.18 Å². The first-order valence-electron chi connectivity index (χ1n) is 8.36. The molecule has 0 aliphatic heterocycles. The van der Waals surface area contributed by atoms with E-state index in [1.807, 2.05) is 26.0 Å². The summed E-state index contributed by atoms with van der Waals surface area (Å²) < 4.78 is 19.4. The highest BCUT2D eigenvalue weighted by Crippen LogP contribution is 2.27. The molecule has 0 unspecified atom stereocenters. The molecule has 1 aromatic heterocycles. The highest BCUT2D eigenvalue weighted by Gasteiger charge is 2.13. The van der Waals surface area contributed by atoms with Crippen LogP contribution in [0.5, 0.6) is 5.75 Å². The molecule has 0 aliphatic carbocycles. The molecule has 0 spiro atoms. The Bertz CT molecular complexity index is 921. The predicted octanol–water partition coefficient (Wildman–Crippen LogP) is 5.32. The molecule has 0 atom stereocenters. The molecule has 0 radical (unpaired) electrons. The number of hydrogen-bond acceptors (Lipinski definition) is 4. The molecule has 3 rings (SSSR count). The van der Waals surface area contributed by atoms with Gasteiger partial charge in [0, 0.05) is 22.5 Å². The number of carbonyl (C=O) groups excluding carboxylic acids is 1. The lowest BCUT2D eigenvalue weighted by Crippen LogP contribution is -2.30. The zero-order valence-electron chi connectivity index (χ0n) is 14.8. The second-order valence-electron chi connectivity index (χ2n) is 6.18. The predicted molar refractivity (Wildman–Crippen MR) is 106 cm³/mol. The van der Waals surface area contributed by atoms with E-state index in [0.29, 0.717) is 22.0 Å². The van der Waals surface area contributed by atoms with Gasteiger partial charge in [-0.3, -0.25) is 4.79 Å². The van der Waals surface area contributed by atoms with Gasteiger partial charge in [0.05, 0.1) is 5.02 Å². The topological polar surface area (TPSA) is 51.2 Å². The molecule has 7 heteroatoms. The molecule has 4 nitrogen and oxygen atoms in total. The van der Waals surface area contributed by atoms with E-state index in [1.54, 1.807) is 29.6 Å². The summed E-state index contributed by atoms with van der Waals surface area (Å²) in [5.41, 5.74) is 1.60. The molecule has 0 saturated heterocycles. The van der Waals surface area contributed by atoms with E-state index >= 15 is 0 Å². The highest BCUT2D eigenvalue weighted by molar-refractivity contribution is 7.13. The Morgan fingerprint density at radius 3 is 2.67 bits per heavy atom. The average molecular weight is 405 g/mol. The molecular weight excluding hydrogens is 387 g/mol. The summed E-state index contributed by atoms with van der Waals surface area (Å²) in [5, 5.41) is 5.63. The Balaban J connectivity index is 1.67. The van der Waals surface area contributed by atoms with Gasteiger partial charge in [0.1, 0.15) is 28.9 Å². The third-order valence-electron chi connectivity index (χ3n) is 3.70. The molecular formula is C20H18ClFN2O2S.